The van der Waals surface area contributed by atoms with Crippen molar-refractivity contribution >= 4 is 104 Å². The summed E-state index contributed by atoms with van der Waals surface area (Å²) < 4.78 is -1.29. The molecule has 0 amide bonds. The molecule has 0 spiro atoms. The van der Waals surface area contributed by atoms with Gasteiger partial charge in [0.15, 0.2) is 0 Å². The summed E-state index contributed by atoms with van der Waals surface area (Å²) in [5.74, 6) is -0.192. The predicted octanol–water partition coefficient (Wildman–Crippen LogP) is 6.23. The average Bonchev–Trinajstić information content (AvgIpc) is 2.62. The first-order valence-corrected chi connectivity index (χ1v) is 9.30. The first-order valence-electron chi connectivity index (χ1n) is 5.39. The lowest BCUT2D eigenvalue weighted by Gasteiger charge is -2.50. The molecular weight excluding hydrogens is 439 g/mol. The largest absolute Gasteiger partial charge is 0.129 e. The molecule has 2 fully saturated rings. The van der Waals surface area contributed by atoms with Crippen molar-refractivity contribution in [2.75, 3.05) is 5.88 Å². The molecule has 0 heterocycles. The molecule has 2 aliphatic carbocycles. The standard InChI is InChI=1S/C10H9Cl9/c11-2-8(6(14)15)3-1-9(18,19)10(8,7(16)17)5(13)4(3)12/h3-7H,1-2H2/t3-,4+,5-,8+,10-/m0/s1. The van der Waals surface area contributed by atoms with Gasteiger partial charge in [0.25, 0.3) is 0 Å². The molecule has 0 saturated heterocycles. The van der Waals surface area contributed by atoms with Gasteiger partial charge in [-0.25, -0.2) is 0 Å². The van der Waals surface area contributed by atoms with Crippen molar-refractivity contribution in [1.29, 1.82) is 0 Å². The molecule has 5 atom stereocenters. The van der Waals surface area contributed by atoms with Crippen LogP contribution in [-0.4, -0.2) is 30.6 Å². The van der Waals surface area contributed by atoms with Crippen molar-refractivity contribution < 1.29 is 0 Å². The van der Waals surface area contributed by atoms with Crippen molar-refractivity contribution in [2.24, 2.45) is 16.7 Å². The zero-order valence-electron chi connectivity index (χ0n) is 9.20. The molecule has 9 heteroatoms. The predicted molar refractivity (Wildman–Crippen MR) is 88.4 cm³/mol. The smallest absolute Gasteiger partial charge is 0.126 e. The first kappa shape index (κ1) is 18.0. The van der Waals surface area contributed by atoms with Crippen molar-refractivity contribution in [3.63, 3.8) is 0 Å². The second kappa shape index (κ2) is 5.60. The van der Waals surface area contributed by atoms with E-state index in [9.17, 15) is 0 Å². The Hall–Kier alpha value is 2.61. The van der Waals surface area contributed by atoms with E-state index >= 15 is 0 Å². The van der Waals surface area contributed by atoms with Crippen LogP contribution in [0.25, 0.3) is 0 Å². The maximum atomic E-state index is 6.46. The third-order valence-electron chi connectivity index (χ3n) is 4.57. The van der Waals surface area contributed by atoms with Crippen molar-refractivity contribution in [2.45, 2.75) is 31.2 Å². The van der Waals surface area contributed by atoms with Gasteiger partial charge in [0.05, 0.1) is 16.2 Å². The topological polar surface area (TPSA) is 0 Å². The maximum absolute atomic E-state index is 6.46. The lowest BCUT2D eigenvalue weighted by atomic mass is 9.69. The summed E-state index contributed by atoms with van der Waals surface area (Å²) in [5, 5.41) is -1.13. The molecule has 19 heavy (non-hydrogen) atoms. The van der Waals surface area contributed by atoms with Crippen LogP contribution in [0.4, 0.5) is 0 Å². The van der Waals surface area contributed by atoms with E-state index in [-0.39, 0.29) is 11.8 Å². The number of halogens is 9. The van der Waals surface area contributed by atoms with Crippen molar-refractivity contribution in [3.05, 3.63) is 0 Å². The Kier molecular flexibility index (Phi) is 5.30. The molecule has 2 rings (SSSR count). The molecule has 2 bridgehead atoms. The molecule has 0 aromatic carbocycles. The molecule has 0 N–H and O–H groups in total. The van der Waals surface area contributed by atoms with Crippen LogP contribution in [0.5, 0.6) is 0 Å². The van der Waals surface area contributed by atoms with Crippen LogP contribution in [0.15, 0.2) is 0 Å². The SMILES string of the molecule is ClC[C@]1(C(Cl)Cl)[C@H]2CC(Cl)(Cl)[C@]1(C(Cl)Cl)[C@@H](Cl)[C@@H]2Cl. The van der Waals surface area contributed by atoms with Gasteiger partial charge in [0, 0.05) is 11.3 Å². The maximum Gasteiger partial charge on any atom is 0.129 e. The van der Waals surface area contributed by atoms with Crippen molar-refractivity contribution in [1.82, 2.24) is 0 Å². The van der Waals surface area contributed by atoms with Crippen LogP contribution < -0.4 is 0 Å². The van der Waals surface area contributed by atoms with Crippen LogP contribution >= 0.6 is 104 Å². The van der Waals surface area contributed by atoms with E-state index in [2.05, 4.69) is 0 Å². The lowest BCUT2D eigenvalue weighted by molar-refractivity contribution is 0.137. The van der Waals surface area contributed by atoms with E-state index in [0.29, 0.717) is 6.42 Å². The summed E-state index contributed by atoms with van der Waals surface area (Å²) in [5.41, 5.74) is -2.12. The van der Waals surface area contributed by atoms with Gasteiger partial charge in [0.1, 0.15) is 14.0 Å². The third kappa shape index (κ3) is 1.94. The molecule has 0 aromatic rings. The Morgan fingerprint density at radius 1 is 1.00 bits per heavy atom. The fourth-order valence-corrected chi connectivity index (χ4v) is 9.10. The summed E-state index contributed by atoms with van der Waals surface area (Å²) in [6.45, 7) is 0. The highest BCUT2D eigenvalue weighted by atomic mass is 35.5. The summed E-state index contributed by atoms with van der Waals surface area (Å²) in [6, 6.07) is 0. The van der Waals surface area contributed by atoms with Crippen molar-refractivity contribution in [3.8, 4) is 0 Å². The molecule has 0 aromatic heterocycles. The summed E-state index contributed by atoms with van der Waals surface area (Å²) in [4.78, 5) is -1.89. The highest BCUT2D eigenvalue weighted by Crippen LogP contribution is 2.79. The number of hydrogen-bond acceptors (Lipinski definition) is 0. The monoisotopic (exact) mass is 444 g/mol. The molecule has 2 aliphatic rings. The van der Waals surface area contributed by atoms with E-state index in [1.165, 1.54) is 0 Å². The molecule has 0 unspecified atom stereocenters. The van der Waals surface area contributed by atoms with Gasteiger partial charge in [-0.15, -0.1) is 104 Å². The van der Waals surface area contributed by atoms with Gasteiger partial charge in [-0.2, -0.15) is 0 Å². The Balaban J connectivity index is 2.74. The minimum atomic E-state index is -1.29. The quantitative estimate of drug-likeness (QED) is 0.450. The fraction of sp³-hybridized carbons (Fsp3) is 1.00. The molecular formula is C10H9Cl9. The van der Waals surface area contributed by atoms with Crippen LogP contribution in [0.3, 0.4) is 0 Å². The van der Waals surface area contributed by atoms with E-state index in [1.807, 2.05) is 0 Å². The van der Waals surface area contributed by atoms with Gasteiger partial charge < -0.3 is 0 Å². The molecule has 0 nitrogen and oxygen atoms in total. The number of hydrogen-bond donors (Lipinski definition) is 0. The van der Waals surface area contributed by atoms with Crippen LogP contribution in [0.1, 0.15) is 6.42 Å². The van der Waals surface area contributed by atoms with E-state index < -0.39 is 35.6 Å². The van der Waals surface area contributed by atoms with E-state index in [0.717, 1.165) is 0 Å². The van der Waals surface area contributed by atoms with Gasteiger partial charge in [-0.1, -0.05) is 0 Å². The Labute approximate surface area is 157 Å². The molecule has 0 aliphatic heterocycles. The van der Waals surface area contributed by atoms with Gasteiger partial charge in [0.2, 0.25) is 0 Å². The minimum Gasteiger partial charge on any atom is -0.126 e. The van der Waals surface area contributed by atoms with Crippen LogP contribution in [-0.2, 0) is 0 Å². The molecule has 112 valence electrons. The Bertz CT molecular complexity index is 370. The Morgan fingerprint density at radius 3 is 1.84 bits per heavy atom. The normalized spacial score (nSPS) is 48.5. The van der Waals surface area contributed by atoms with Gasteiger partial charge >= 0.3 is 0 Å². The molecule has 2 saturated carbocycles. The molecule has 0 radical (unpaired) electrons. The second-order valence-corrected chi connectivity index (χ2v) is 9.92. The summed E-state index contributed by atoms with van der Waals surface area (Å²) in [6.07, 6.45) is 0.339. The van der Waals surface area contributed by atoms with Crippen LogP contribution in [0, 0.1) is 16.7 Å². The highest BCUT2D eigenvalue weighted by Gasteiger charge is 2.84. The second-order valence-electron chi connectivity index (χ2n) is 5.01. The first-order chi connectivity index (χ1) is 8.61. The van der Waals surface area contributed by atoms with Gasteiger partial charge in [-0.3, -0.25) is 0 Å². The van der Waals surface area contributed by atoms with Crippen LogP contribution in [0.2, 0.25) is 0 Å². The number of rotatable bonds is 3. The average molecular weight is 448 g/mol. The summed E-state index contributed by atoms with van der Waals surface area (Å²) >= 11 is 56.7. The lowest BCUT2D eigenvalue weighted by Crippen LogP contribution is -2.58. The minimum absolute atomic E-state index is 0.0684. The van der Waals surface area contributed by atoms with Gasteiger partial charge in [-0.05, 0) is 12.3 Å². The number of alkyl halides is 9. The summed E-state index contributed by atoms with van der Waals surface area (Å²) in [7, 11) is 0. The number of fused-ring (bicyclic) bond motifs is 2. The zero-order chi connectivity index (χ0) is 14.8. The fourth-order valence-electron chi connectivity index (χ4n) is 3.68. The van der Waals surface area contributed by atoms with E-state index in [1.54, 1.807) is 0 Å². The van der Waals surface area contributed by atoms with E-state index in [4.69, 9.17) is 104 Å². The Morgan fingerprint density at radius 2 is 1.53 bits per heavy atom. The third-order valence-corrected chi connectivity index (χ3v) is 8.71. The highest BCUT2D eigenvalue weighted by molar-refractivity contribution is 6.54. The zero-order valence-corrected chi connectivity index (χ0v) is 16.0.